The Morgan fingerprint density at radius 3 is 2.71 bits per heavy atom. The number of aromatic nitrogens is 1. The van der Waals surface area contributed by atoms with Crippen LogP contribution < -0.4 is 10.1 Å². The van der Waals surface area contributed by atoms with Crippen LogP contribution in [0.25, 0.3) is 0 Å². The molecule has 2 rings (SSSR count). The van der Waals surface area contributed by atoms with Crippen molar-refractivity contribution in [3.8, 4) is 5.75 Å². The van der Waals surface area contributed by atoms with E-state index in [2.05, 4.69) is 10.3 Å². The normalized spacial score (nSPS) is 10.0. The van der Waals surface area contributed by atoms with E-state index in [1.807, 2.05) is 6.92 Å². The number of non-ortho nitro benzene ring substituents is 1. The molecule has 2 aromatic rings. The molecule has 0 saturated carbocycles. The number of carbonyl (C=O) groups is 1. The highest BCUT2D eigenvalue weighted by atomic mass is 16.6. The first-order valence-electron chi connectivity index (χ1n) is 6.07. The van der Waals surface area contributed by atoms with Gasteiger partial charge in [-0.15, -0.1) is 0 Å². The Hall–Kier alpha value is -2.96. The maximum absolute atomic E-state index is 12.2. The molecule has 0 aliphatic heterocycles. The highest BCUT2D eigenvalue weighted by Gasteiger charge is 2.17. The van der Waals surface area contributed by atoms with E-state index in [9.17, 15) is 14.9 Å². The van der Waals surface area contributed by atoms with Crippen molar-refractivity contribution in [2.24, 2.45) is 0 Å². The molecule has 1 N–H and O–H groups in total. The molecule has 0 aliphatic rings. The summed E-state index contributed by atoms with van der Waals surface area (Å²) in [4.78, 5) is 26.5. The summed E-state index contributed by atoms with van der Waals surface area (Å²) < 4.78 is 5.06. The van der Waals surface area contributed by atoms with Crippen LogP contribution in [-0.4, -0.2) is 22.9 Å². The molecule has 0 bridgehead atoms. The molecule has 21 heavy (non-hydrogen) atoms. The minimum Gasteiger partial charge on any atom is -0.496 e. The fourth-order valence-electron chi connectivity index (χ4n) is 1.78. The van der Waals surface area contributed by atoms with E-state index in [4.69, 9.17) is 4.74 Å². The van der Waals surface area contributed by atoms with Crippen molar-refractivity contribution >= 4 is 17.4 Å². The van der Waals surface area contributed by atoms with Crippen molar-refractivity contribution in [1.29, 1.82) is 0 Å². The first-order valence-corrected chi connectivity index (χ1v) is 6.07. The van der Waals surface area contributed by atoms with E-state index in [-0.39, 0.29) is 17.0 Å². The van der Waals surface area contributed by atoms with Crippen LogP contribution in [0.3, 0.4) is 0 Å². The number of methoxy groups -OCH3 is 1. The number of carbonyl (C=O) groups excluding carboxylic acids is 1. The molecule has 0 unspecified atom stereocenters. The van der Waals surface area contributed by atoms with Crippen LogP contribution in [0.2, 0.25) is 0 Å². The molecule has 1 aromatic heterocycles. The Bertz CT molecular complexity index is 700. The van der Waals surface area contributed by atoms with E-state index in [0.717, 1.165) is 5.56 Å². The molecule has 1 aromatic carbocycles. The number of nitrogens with zero attached hydrogens (tertiary/aromatic N) is 2. The Morgan fingerprint density at radius 1 is 1.33 bits per heavy atom. The second kappa shape index (κ2) is 6.00. The summed E-state index contributed by atoms with van der Waals surface area (Å²) in [7, 11) is 1.39. The van der Waals surface area contributed by atoms with Crippen LogP contribution in [-0.2, 0) is 0 Å². The minimum atomic E-state index is -0.568. The van der Waals surface area contributed by atoms with Crippen molar-refractivity contribution in [2.45, 2.75) is 6.92 Å². The third-order valence-electron chi connectivity index (χ3n) is 2.80. The number of pyridine rings is 1. The minimum absolute atomic E-state index is 0.0787. The molecule has 0 atom stereocenters. The number of ether oxygens (including phenoxy) is 1. The molecule has 1 heterocycles. The SMILES string of the molecule is COc1ccc([N+](=O)[O-])cc1C(=O)Nc1cc(C)ccn1. The average Bonchev–Trinajstić information content (AvgIpc) is 2.46. The highest BCUT2D eigenvalue weighted by molar-refractivity contribution is 6.06. The van der Waals surface area contributed by atoms with Crippen LogP contribution in [0, 0.1) is 17.0 Å². The molecule has 7 heteroatoms. The fourth-order valence-corrected chi connectivity index (χ4v) is 1.78. The second-order valence-electron chi connectivity index (χ2n) is 4.31. The second-order valence-corrected chi connectivity index (χ2v) is 4.31. The van der Waals surface area contributed by atoms with Crippen molar-refractivity contribution < 1.29 is 14.5 Å². The molecule has 108 valence electrons. The van der Waals surface area contributed by atoms with Gasteiger partial charge in [-0.3, -0.25) is 14.9 Å². The summed E-state index contributed by atoms with van der Waals surface area (Å²) in [5.74, 6) is 0.105. The third-order valence-corrected chi connectivity index (χ3v) is 2.80. The van der Waals surface area contributed by atoms with E-state index >= 15 is 0 Å². The van der Waals surface area contributed by atoms with Gasteiger partial charge in [-0.25, -0.2) is 4.98 Å². The Balaban J connectivity index is 2.33. The number of nitro groups is 1. The third kappa shape index (κ3) is 3.33. The number of aryl methyl sites for hydroxylation is 1. The lowest BCUT2D eigenvalue weighted by molar-refractivity contribution is -0.384. The van der Waals surface area contributed by atoms with E-state index < -0.39 is 10.8 Å². The quantitative estimate of drug-likeness (QED) is 0.688. The monoisotopic (exact) mass is 287 g/mol. The molecule has 0 fully saturated rings. The summed E-state index contributed by atoms with van der Waals surface area (Å²) >= 11 is 0. The van der Waals surface area contributed by atoms with Crippen molar-refractivity contribution in [1.82, 2.24) is 4.98 Å². The Kier molecular flexibility index (Phi) is 4.13. The van der Waals surface area contributed by atoms with E-state index in [1.165, 1.54) is 25.3 Å². The fraction of sp³-hybridized carbons (Fsp3) is 0.143. The van der Waals surface area contributed by atoms with Gasteiger partial charge in [-0.1, -0.05) is 0 Å². The maximum Gasteiger partial charge on any atom is 0.270 e. The number of anilines is 1. The standard InChI is InChI=1S/C14H13N3O4/c1-9-5-6-15-13(7-9)16-14(18)11-8-10(17(19)20)3-4-12(11)21-2/h3-8H,1-2H3,(H,15,16,18). The number of benzene rings is 1. The highest BCUT2D eigenvalue weighted by Crippen LogP contribution is 2.24. The van der Waals surface area contributed by atoms with Crippen LogP contribution in [0.15, 0.2) is 36.5 Å². The van der Waals surface area contributed by atoms with Gasteiger partial charge >= 0.3 is 0 Å². The van der Waals surface area contributed by atoms with Crippen molar-refractivity contribution in [3.05, 3.63) is 57.8 Å². The molecular formula is C14H13N3O4. The number of nitrogens with one attached hydrogen (secondary N) is 1. The summed E-state index contributed by atoms with van der Waals surface area (Å²) in [6, 6.07) is 7.33. The molecule has 7 nitrogen and oxygen atoms in total. The van der Waals surface area contributed by atoms with Gasteiger partial charge < -0.3 is 10.1 Å². The summed E-state index contributed by atoms with van der Waals surface area (Å²) in [5.41, 5.74) is 0.833. The smallest absolute Gasteiger partial charge is 0.270 e. The number of hydrogen-bond acceptors (Lipinski definition) is 5. The first-order chi connectivity index (χ1) is 10.0. The molecule has 0 aliphatic carbocycles. The summed E-state index contributed by atoms with van der Waals surface area (Å²) in [6.45, 7) is 1.87. The van der Waals surface area contributed by atoms with Crippen LogP contribution in [0.1, 0.15) is 15.9 Å². The van der Waals surface area contributed by atoms with Crippen molar-refractivity contribution in [3.63, 3.8) is 0 Å². The number of nitro benzene ring substituents is 1. The Labute approximate surface area is 120 Å². The molecule has 1 amide bonds. The molecular weight excluding hydrogens is 274 g/mol. The lowest BCUT2D eigenvalue weighted by Crippen LogP contribution is -2.14. The summed E-state index contributed by atoms with van der Waals surface area (Å²) in [6.07, 6.45) is 1.57. The summed E-state index contributed by atoms with van der Waals surface area (Å²) in [5, 5.41) is 13.4. The van der Waals surface area contributed by atoms with Gasteiger partial charge in [0, 0.05) is 18.3 Å². The topological polar surface area (TPSA) is 94.4 Å². The van der Waals surface area contributed by atoms with Gasteiger partial charge in [0.1, 0.15) is 11.6 Å². The van der Waals surface area contributed by atoms with Gasteiger partial charge in [0.15, 0.2) is 0 Å². The van der Waals surface area contributed by atoms with Gasteiger partial charge in [-0.2, -0.15) is 0 Å². The van der Waals surface area contributed by atoms with Gasteiger partial charge in [0.2, 0.25) is 0 Å². The lowest BCUT2D eigenvalue weighted by atomic mass is 10.1. The predicted molar refractivity (Wildman–Crippen MR) is 76.6 cm³/mol. The zero-order chi connectivity index (χ0) is 15.4. The number of amides is 1. The van der Waals surface area contributed by atoms with E-state index in [0.29, 0.717) is 5.82 Å². The maximum atomic E-state index is 12.2. The van der Waals surface area contributed by atoms with Gasteiger partial charge in [0.05, 0.1) is 17.6 Å². The molecule has 0 spiro atoms. The van der Waals surface area contributed by atoms with Crippen LogP contribution in [0.4, 0.5) is 11.5 Å². The molecule has 0 saturated heterocycles. The van der Waals surface area contributed by atoms with Gasteiger partial charge in [0.25, 0.3) is 11.6 Å². The molecule has 0 radical (unpaired) electrons. The first kappa shape index (κ1) is 14.4. The van der Waals surface area contributed by atoms with Crippen molar-refractivity contribution in [2.75, 3.05) is 12.4 Å². The van der Waals surface area contributed by atoms with Gasteiger partial charge in [-0.05, 0) is 30.7 Å². The lowest BCUT2D eigenvalue weighted by Gasteiger charge is -2.09. The zero-order valence-electron chi connectivity index (χ0n) is 11.5. The number of rotatable bonds is 4. The van der Waals surface area contributed by atoms with Crippen LogP contribution >= 0.6 is 0 Å². The number of hydrogen-bond donors (Lipinski definition) is 1. The van der Waals surface area contributed by atoms with E-state index in [1.54, 1.807) is 18.3 Å². The zero-order valence-corrected chi connectivity index (χ0v) is 11.5. The average molecular weight is 287 g/mol. The predicted octanol–water partition coefficient (Wildman–Crippen LogP) is 2.56. The van der Waals surface area contributed by atoms with Crippen LogP contribution in [0.5, 0.6) is 5.75 Å². The Morgan fingerprint density at radius 2 is 2.10 bits per heavy atom. The largest absolute Gasteiger partial charge is 0.496 e.